The average Bonchev–Trinajstić information content (AvgIpc) is 2.87. The molecule has 0 radical (unpaired) electrons. The van der Waals surface area contributed by atoms with Gasteiger partial charge in [-0.05, 0) is 25.8 Å². The van der Waals surface area contributed by atoms with E-state index >= 15 is 0 Å². The molecule has 0 saturated carbocycles. The molecule has 114 valence electrons. The molecule has 0 bridgehead atoms. The molecule has 0 aliphatic rings. The fourth-order valence-electron chi connectivity index (χ4n) is 1.94. The van der Waals surface area contributed by atoms with E-state index in [9.17, 15) is 4.79 Å². The third-order valence-electron chi connectivity index (χ3n) is 3.11. The van der Waals surface area contributed by atoms with Gasteiger partial charge in [0.2, 0.25) is 11.9 Å². The van der Waals surface area contributed by atoms with Gasteiger partial charge in [-0.3, -0.25) is 4.79 Å². The van der Waals surface area contributed by atoms with Crippen molar-refractivity contribution < 1.29 is 4.79 Å². The number of fused-ring (bicyclic) bond motifs is 1. The van der Waals surface area contributed by atoms with Crippen molar-refractivity contribution in [2.24, 2.45) is 0 Å². The lowest BCUT2D eigenvalue weighted by Crippen LogP contribution is -2.38. The molecule has 0 aliphatic carbocycles. The van der Waals surface area contributed by atoms with Crippen LogP contribution in [0.1, 0.15) is 32.1 Å². The molecular weight excluding hydrogens is 286 g/mol. The lowest BCUT2D eigenvalue weighted by molar-refractivity contribution is -0.121. The van der Waals surface area contributed by atoms with Gasteiger partial charge in [0.15, 0.2) is 0 Å². The summed E-state index contributed by atoms with van der Waals surface area (Å²) >= 11 is 1.60. The summed E-state index contributed by atoms with van der Waals surface area (Å²) in [7, 11) is 0. The number of nitrogens with zero attached hydrogens (tertiary/aromatic N) is 2. The standard InChI is InChI=1S/C14H21N5OS/c1-4-6-16-12(20)8(3)17-11-10-7-9(5-2)21-13(10)19-14(15)18-11/h7-8H,4-6H2,1-3H3,(H,16,20)(H3,15,17,18,19). The smallest absolute Gasteiger partial charge is 0.242 e. The lowest BCUT2D eigenvalue weighted by Gasteiger charge is -2.15. The Morgan fingerprint density at radius 3 is 2.86 bits per heavy atom. The molecule has 1 unspecified atom stereocenters. The van der Waals surface area contributed by atoms with E-state index in [1.165, 1.54) is 4.88 Å². The van der Waals surface area contributed by atoms with Gasteiger partial charge in [-0.2, -0.15) is 4.98 Å². The Kier molecular flexibility index (Phi) is 4.95. The molecule has 2 aromatic rings. The molecule has 6 nitrogen and oxygen atoms in total. The number of nitrogen functional groups attached to an aromatic ring is 1. The van der Waals surface area contributed by atoms with Gasteiger partial charge in [-0.1, -0.05) is 13.8 Å². The monoisotopic (exact) mass is 307 g/mol. The number of carbonyl (C=O) groups is 1. The molecule has 2 rings (SSSR count). The maximum Gasteiger partial charge on any atom is 0.242 e. The number of hydrogen-bond acceptors (Lipinski definition) is 6. The van der Waals surface area contributed by atoms with Crippen molar-refractivity contribution in [2.45, 2.75) is 39.7 Å². The first-order valence-electron chi connectivity index (χ1n) is 7.15. The first-order chi connectivity index (χ1) is 10.0. The van der Waals surface area contributed by atoms with E-state index in [0.29, 0.717) is 12.4 Å². The van der Waals surface area contributed by atoms with Crippen molar-refractivity contribution in [2.75, 3.05) is 17.6 Å². The van der Waals surface area contributed by atoms with Crippen LogP contribution in [0.5, 0.6) is 0 Å². The third kappa shape index (κ3) is 3.60. The quantitative estimate of drug-likeness (QED) is 0.760. The molecule has 21 heavy (non-hydrogen) atoms. The summed E-state index contributed by atoms with van der Waals surface area (Å²) < 4.78 is 0. The third-order valence-corrected chi connectivity index (χ3v) is 4.28. The molecule has 4 N–H and O–H groups in total. The molecule has 0 saturated heterocycles. The number of aryl methyl sites for hydroxylation is 1. The van der Waals surface area contributed by atoms with E-state index < -0.39 is 0 Å². The van der Waals surface area contributed by atoms with Gasteiger partial charge >= 0.3 is 0 Å². The minimum Gasteiger partial charge on any atom is -0.368 e. The summed E-state index contributed by atoms with van der Waals surface area (Å²) in [4.78, 5) is 22.5. The fraction of sp³-hybridized carbons (Fsp3) is 0.500. The number of rotatable bonds is 6. The fourth-order valence-corrected chi connectivity index (χ4v) is 2.92. The van der Waals surface area contributed by atoms with E-state index in [1.807, 2.05) is 13.8 Å². The summed E-state index contributed by atoms with van der Waals surface area (Å²) in [6, 6.07) is 1.68. The summed E-state index contributed by atoms with van der Waals surface area (Å²) in [5, 5.41) is 6.91. The maximum atomic E-state index is 11.9. The van der Waals surface area contributed by atoms with Crippen molar-refractivity contribution >= 4 is 39.2 Å². The van der Waals surface area contributed by atoms with E-state index in [1.54, 1.807) is 11.3 Å². The van der Waals surface area contributed by atoms with Crippen LogP contribution in [0, 0.1) is 0 Å². The van der Waals surface area contributed by atoms with Gasteiger partial charge < -0.3 is 16.4 Å². The zero-order valence-electron chi connectivity index (χ0n) is 12.6. The molecule has 1 atom stereocenters. The van der Waals surface area contributed by atoms with Crippen LogP contribution < -0.4 is 16.4 Å². The molecule has 2 heterocycles. The van der Waals surface area contributed by atoms with E-state index in [4.69, 9.17) is 5.73 Å². The minimum absolute atomic E-state index is 0.0480. The average molecular weight is 307 g/mol. The van der Waals surface area contributed by atoms with Crippen LogP contribution in [-0.2, 0) is 11.2 Å². The van der Waals surface area contributed by atoms with Crippen LogP contribution in [0.25, 0.3) is 10.2 Å². The highest BCUT2D eigenvalue weighted by atomic mass is 32.1. The summed E-state index contributed by atoms with van der Waals surface area (Å²) in [6.07, 6.45) is 1.85. The second kappa shape index (κ2) is 6.71. The second-order valence-electron chi connectivity index (χ2n) is 4.87. The molecular formula is C14H21N5OS. The number of aromatic nitrogens is 2. The van der Waals surface area contributed by atoms with Gasteiger partial charge in [0.25, 0.3) is 0 Å². The molecule has 0 aliphatic heterocycles. The van der Waals surface area contributed by atoms with Crippen LogP contribution >= 0.6 is 11.3 Å². The zero-order valence-corrected chi connectivity index (χ0v) is 13.4. The van der Waals surface area contributed by atoms with Crippen LogP contribution in [-0.4, -0.2) is 28.5 Å². The van der Waals surface area contributed by atoms with Crippen molar-refractivity contribution in [3.05, 3.63) is 10.9 Å². The number of carbonyl (C=O) groups excluding carboxylic acids is 1. The topological polar surface area (TPSA) is 92.9 Å². The summed E-state index contributed by atoms with van der Waals surface area (Å²) in [5.74, 6) is 0.788. The first-order valence-corrected chi connectivity index (χ1v) is 7.97. The predicted octanol–water partition coefficient (Wildman–Crippen LogP) is 2.16. The molecule has 0 spiro atoms. The van der Waals surface area contributed by atoms with E-state index in [-0.39, 0.29) is 17.9 Å². The number of nitrogens with two attached hydrogens (primary N) is 1. The van der Waals surface area contributed by atoms with Gasteiger partial charge in [-0.15, -0.1) is 11.3 Å². The lowest BCUT2D eigenvalue weighted by atomic mass is 10.2. The molecule has 2 aromatic heterocycles. The van der Waals surface area contributed by atoms with Crippen molar-refractivity contribution in [3.63, 3.8) is 0 Å². The number of nitrogens with one attached hydrogen (secondary N) is 2. The zero-order chi connectivity index (χ0) is 15.4. The van der Waals surface area contributed by atoms with Crippen LogP contribution in [0.3, 0.4) is 0 Å². The van der Waals surface area contributed by atoms with Gasteiger partial charge in [0, 0.05) is 11.4 Å². The highest BCUT2D eigenvalue weighted by molar-refractivity contribution is 7.18. The van der Waals surface area contributed by atoms with E-state index in [2.05, 4.69) is 33.6 Å². The molecule has 1 amide bonds. The maximum absolute atomic E-state index is 11.9. The summed E-state index contributed by atoms with van der Waals surface area (Å²) in [6.45, 7) is 6.59. The second-order valence-corrected chi connectivity index (χ2v) is 5.99. The van der Waals surface area contributed by atoms with Crippen molar-refractivity contribution in [3.8, 4) is 0 Å². The van der Waals surface area contributed by atoms with Crippen molar-refractivity contribution in [1.82, 2.24) is 15.3 Å². The Morgan fingerprint density at radius 1 is 1.43 bits per heavy atom. The van der Waals surface area contributed by atoms with Gasteiger partial charge in [0.1, 0.15) is 16.7 Å². The largest absolute Gasteiger partial charge is 0.368 e. The highest BCUT2D eigenvalue weighted by Crippen LogP contribution is 2.30. The normalized spacial score (nSPS) is 12.3. The van der Waals surface area contributed by atoms with Crippen molar-refractivity contribution in [1.29, 1.82) is 0 Å². The molecule has 0 aromatic carbocycles. The number of hydrogen-bond donors (Lipinski definition) is 3. The first kappa shape index (κ1) is 15.5. The van der Waals surface area contributed by atoms with Crippen LogP contribution in [0.15, 0.2) is 6.07 Å². The minimum atomic E-state index is -0.376. The van der Waals surface area contributed by atoms with E-state index in [0.717, 1.165) is 23.1 Å². The van der Waals surface area contributed by atoms with Gasteiger partial charge in [-0.25, -0.2) is 4.98 Å². The molecule has 7 heteroatoms. The number of anilines is 2. The van der Waals surface area contributed by atoms with Crippen LogP contribution in [0.4, 0.5) is 11.8 Å². The highest BCUT2D eigenvalue weighted by Gasteiger charge is 2.16. The predicted molar refractivity (Wildman–Crippen MR) is 87.6 cm³/mol. The Labute approximate surface area is 128 Å². The Hall–Kier alpha value is -1.89. The Balaban J connectivity index is 2.24. The molecule has 0 fully saturated rings. The SMILES string of the molecule is CCCNC(=O)C(C)Nc1nc(N)nc2sc(CC)cc12. The Morgan fingerprint density at radius 2 is 2.19 bits per heavy atom. The number of thiophene rings is 1. The Bertz CT molecular complexity index is 640. The van der Waals surface area contributed by atoms with Gasteiger partial charge in [0.05, 0.1) is 5.39 Å². The van der Waals surface area contributed by atoms with Crippen LogP contribution in [0.2, 0.25) is 0 Å². The summed E-state index contributed by atoms with van der Waals surface area (Å²) in [5.41, 5.74) is 5.75. The number of amides is 1.